The zero-order valence-corrected chi connectivity index (χ0v) is 6.84. The molecule has 0 amide bonds. The predicted octanol–water partition coefficient (Wildman–Crippen LogP) is 1.53. The summed E-state index contributed by atoms with van der Waals surface area (Å²) in [6.07, 6.45) is 2.10. The van der Waals surface area contributed by atoms with Gasteiger partial charge in [0.1, 0.15) is 0 Å². The summed E-state index contributed by atoms with van der Waals surface area (Å²) in [5.41, 5.74) is 0.526. The van der Waals surface area contributed by atoms with E-state index in [1.54, 1.807) is 11.6 Å². The zero-order valence-electron chi connectivity index (χ0n) is 6.84. The first-order valence-electron chi connectivity index (χ1n) is 3.81. The molecule has 0 aliphatic carbocycles. The summed E-state index contributed by atoms with van der Waals surface area (Å²) in [6.45, 7) is 4.53. The lowest BCUT2D eigenvalue weighted by atomic mass is 10.3. The van der Waals surface area contributed by atoms with Crippen LogP contribution in [-0.2, 0) is 6.54 Å². The molecule has 0 spiro atoms. The first-order valence-corrected chi connectivity index (χ1v) is 3.81. The maximum atomic E-state index is 12.6. The fourth-order valence-electron chi connectivity index (χ4n) is 0.859. The van der Waals surface area contributed by atoms with Crippen LogP contribution in [0.4, 0.5) is 4.39 Å². The van der Waals surface area contributed by atoms with Gasteiger partial charge >= 0.3 is 0 Å². The van der Waals surface area contributed by atoms with Crippen molar-refractivity contribution in [3.63, 3.8) is 0 Å². The van der Waals surface area contributed by atoms with Crippen LogP contribution in [0.3, 0.4) is 0 Å². The van der Waals surface area contributed by atoms with E-state index < -0.39 is 5.95 Å². The Kier molecular flexibility index (Phi) is 2.57. The Labute approximate surface area is 65.2 Å². The van der Waals surface area contributed by atoms with Crippen LogP contribution < -0.4 is 0 Å². The number of unbranched alkanes of at least 4 members (excludes halogenated alkanes) is 1. The van der Waals surface area contributed by atoms with E-state index in [0.29, 0.717) is 5.69 Å². The molecule has 0 aromatic carbocycles. The van der Waals surface area contributed by atoms with Crippen molar-refractivity contribution in [1.82, 2.24) is 15.0 Å². The lowest BCUT2D eigenvalue weighted by molar-refractivity contribution is 0.541. The molecule has 1 aromatic rings. The molecule has 0 saturated heterocycles. The van der Waals surface area contributed by atoms with E-state index in [1.807, 2.05) is 0 Å². The summed E-state index contributed by atoms with van der Waals surface area (Å²) in [5, 5.41) is 6.96. The number of hydrogen-bond acceptors (Lipinski definition) is 2. The van der Waals surface area contributed by atoms with Crippen molar-refractivity contribution in [2.45, 2.75) is 33.2 Å². The van der Waals surface area contributed by atoms with Gasteiger partial charge in [0.05, 0.1) is 5.69 Å². The van der Waals surface area contributed by atoms with Gasteiger partial charge in [0.15, 0.2) is 0 Å². The normalized spacial score (nSPS) is 10.5. The Hall–Kier alpha value is -0.930. The van der Waals surface area contributed by atoms with Gasteiger partial charge in [-0.05, 0) is 13.3 Å². The molecular weight excluding hydrogens is 145 g/mol. The molecule has 0 aliphatic rings. The van der Waals surface area contributed by atoms with Crippen LogP contribution in [0, 0.1) is 12.9 Å². The van der Waals surface area contributed by atoms with Gasteiger partial charge in [0, 0.05) is 6.54 Å². The number of rotatable bonds is 3. The third kappa shape index (κ3) is 1.76. The Morgan fingerprint density at radius 1 is 1.55 bits per heavy atom. The van der Waals surface area contributed by atoms with Crippen molar-refractivity contribution in [3.8, 4) is 0 Å². The average molecular weight is 157 g/mol. The Morgan fingerprint density at radius 3 is 2.73 bits per heavy atom. The monoisotopic (exact) mass is 157 g/mol. The molecule has 3 nitrogen and oxygen atoms in total. The SMILES string of the molecule is CCCCn1nnc(F)c1C. The van der Waals surface area contributed by atoms with Gasteiger partial charge in [0.25, 0.3) is 5.95 Å². The largest absolute Gasteiger partial charge is 0.255 e. The lowest BCUT2D eigenvalue weighted by Gasteiger charge is -1.98. The molecule has 0 saturated carbocycles. The van der Waals surface area contributed by atoms with Crippen LogP contribution in [0.2, 0.25) is 0 Å². The summed E-state index contributed by atoms with van der Waals surface area (Å²) in [4.78, 5) is 0. The Balaban J connectivity index is 2.63. The highest BCUT2D eigenvalue weighted by molar-refractivity contribution is 4.92. The summed E-state index contributed by atoms with van der Waals surface area (Å²) in [5.74, 6) is -0.457. The van der Waals surface area contributed by atoms with Gasteiger partial charge in [0.2, 0.25) is 0 Å². The van der Waals surface area contributed by atoms with Crippen molar-refractivity contribution < 1.29 is 4.39 Å². The van der Waals surface area contributed by atoms with Crippen molar-refractivity contribution in [2.24, 2.45) is 0 Å². The predicted molar refractivity (Wildman–Crippen MR) is 39.6 cm³/mol. The van der Waals surface area contributed by atoms with Crippen molar-refractivity contribution >= 4 is 0 Å². The molecular formula is C7H12FN3. The minimum Gasteiger partial charge on any atom is -0.247 e. The summed E-state index contributed by atoms with van der Waals surface area (Å²) in [7, 11) is 0. The smallest absolute Gasteiger partial charge is 0.247 e. The molecule has 0 unspecified atom stereocenters. The topological polar surface area (TPSA) is 30.7 Å². The molecule has 0 atom stereocenters. The quantitative estimate of drug-likeness (QED) is 0.666. The molecule has 1 heterocycles. The summed E-state index contributed by atoms with van der Waals surface area (Å²) >= 11 is 0. The number of nitrogens with zero attached hydrogens (tertiary/aromatic N) is 3. The van der Waals surface area contributed by atoms with E-state index in [0.717, 1.165) is 19.4 Å². The number of hydrogen-bond donors (Lipinski definition) is 0. The minimum atomic E-state index is -0.457. The third-order valence-corrected chi connectivity index (χ3v) is 1.65. The molecule has 1 aromatic heterocycles. The Bertz CT molecular complexity index is 232. The second-order valence-electron chi connectivity index (χ2n) is 2.54. The highest BCUT2D eigenvalue weighted by Gasteiger charge is 2.05. The summed E-state index contributed by atoms with van der Waals surface area (Å²) < 4.78 is 14.2. The maximum Gasteiger partial charge on any atom is 0.255 e. The average Bonchev–Trinajstić information content (AvgIpc) is 2.31. The van der Waals surface area contributed by atoms with Crippen LogP contribution in [0.5, 0.6) is 0 Å². The van der Waals surface area contributed by atoms with Crippen LogP contribution in [0.25, 0.3) is 0 Å². The van der Waals surface area contributed by atoms with Crippen LogP contribution in [0.1, 0.15) is 25.5 Å². The highest BCUT2D eigenvalue weighted by atomic mass is 19.1. The standard InChI is InChI=1S/C7H12FN3/c1-3-4-5-11-6(2)7(8)9-10-11/h3-5H2,1-2H3. The molecule has 0 aliphatic heterocycles. The van der Waals surface area contributed by atoms with E-state index in [9.17, 15) is 4.39 Å². The minimum absolute atomic E-state index is 0.457. The first-order chi connectivity index (χ1) is 5.25. The van der Waals surface area contributed by atoms with Gasteiger partial charge in [-0.2, -0.15) is 4.39 Å². The van der Waals surface area contributed by atoms with E-state index in [1.165, 1.54) is 0 Å². The zero-order chi connectivity index (χ0) is 8.27. The van der Waals surface area contributed by atoms with Crippen molar-refractivity contribution in [2.75, 3.05) is 0 Å². The molecule has 1 rings (SSSR count). The summed E-state index contributed by atoms with van der Waals surface area (Å²) in [6, 6.07) is 0. The number of aromatic nitrogens is 3. The van der Waals surface area contributed by atoms with Gasteiger partial charge in [-0.1, -0.05) is 23.7 Å². The van der Waals surface area contributed by atoms with E-state index in [4.69, 9.17) is 0 Å². The molecule has 11 heavy (non-hydrogen) atoms. The molecule has 0 radical (unpaired) electrons. The lowest BCUT2D eigenvalue weighted by Crippen LogP contribution is -2.02. The maximum absolute atomic E-state index is 12.6. The van der Waals surface area contributed by atoms with Crippen LogP contribution >= 0.6 is 0 Å². The van der Waals surface area contributed by atoms with Crippen LogP contribution in [0.15, 0.2) is 0 Å². The van der Waals surface area contributed by atoms with Gasteiger partial charge < -0.3 is 0 Å². The van der Waals surface area contributed by atoms with E-state index >= 15 is 0 Å². The molecule has 0 N–H and O–H groups in total. The molecule has 4 heteroatoms. The third-order valence-electron chi connectivity index (χ3n) is 1.65. The second kappa shape index (κ2) is 3.46. The number of aryl methyl sites for hydroxylation is 1. The van der Waals surface area contributed by atoms with Crippen LogP contribution in [-0.4, -0.2) is 15.0 Å². The highest BCUT2D eigenvalue weighted by Crippen LogP contribution is 2.02. The van der Waals surface area contributed by atoms with Crippen molar-refractivity contribution in [3.05, 3.63) is 11.6 Å². The second-order valence-corrected chi connectivity index (χ2v) is 2.54. The van der Waals surface area contributed by atoms with Gasteiger partial charge in [-0.15, -0.1) is 0 Å². The molecule has 62 valence electrons. The molecule has 0 fully saturated rings. The van der Waals surface area contributed by atoms with E-state index in [2.05, 4.69) is 17.2 Å². The number of halogens is 1. The Morgan fingerprint density at radius 2 is 2.27 bits per heavy atom. The van der Waals surface area contributed by atoms with Gasteiger partial charge in [-0.3, -0.25) is 0 Å². The van der Waals surface area contributed by atoms with E-state index in [-0.39, 0.29) is 0 Å². The van der Waals surface area contributed by atoms with Gasteiger partial charge in [-0.25, -0.2) is 4.68 Å². The first kappa shape index (κ1) is 8.17. The fraction of sp³-hybridized carbons (Fsp3) is 0.714. The fourth-order valence-corrected chi connectivity index (χ4v) is 0.859. The van der Waals surface area contributed by atoms with Crippen molar-refractivity contribution in [1.29, 1.82) is 0 Å². The molecule has 0 bridgehead atoms.